The van der Waals surface area contributed by atoms with E-state index in [-0.39, 0.29) is 5.91 Å². The molecule has 1 saturated heterocycles. The quantitative estimate of drug-likeness (QED) is 0.498. The maximum absolute atomic E-state index is 11.3. The summed E-state index contributed by atoms with van der Waals surface area (Å²) in [5, 5.41) is 6.34. The highest BCUT2D eigenvalue weighted by Crippen LogP contribution is 2.34. The summed E-state index contributed by atoms with van der Waals surface area (Å²) in [6.07, 6.45) is 0.955. The summed E-state index contributed by atoms with van der Waals surface area (Å²) in [6.45, 7) is 9.33. The Morgan fingerprint density at radius 1 is 1.16 bits per heavy atom. The van der Waals surface area contributed by atoms with Crippen LogP contribution in [0.4, 0.5) is 11.4 Å². The number of rotatable bonds is 8. The number of carbonyl (C=O) groups excluding carboxylic acids is 1. The minimum atomic E-state index is -0.104. The topological polar surface area (TPSA) is 54.0 Å². The van der Waals surface area contributed by atoms with Crippen LogP contribution in [0.15, 0.2) is 41.8 Å². The molecule has 0 bridgehead atoms. The van der Waals surface area contributed by atoms with Crippen LogP contribution in [-0.4, -0.2) is 57.2 Å². The first kappa shape index (κ1) is 22.4. The smallest absolute Gasteiger partial charge is 0.221 e. The Bertz CT molecular complexity index is 1070. The Kier molecular flexibility index (Phi) is 7.17. The molecule has 1 fully saturated rings. The first-order chi connectivity index (χ1) is 15.5. The highest BCUT2D eigenvalue weighted by Gasteiger charge is 2.19. The monoisotopic (exact) mass is 453 g/mol. The molecule has 2 heterocycles. The van der Waals surface area contributed by atoms with Crippen LogP contribution < -0.4 is 19.7 Å². The number of aryl methyl sites for hydroxylation is 1. The van der Waals surface area contributed by atoms with Gasteiger partial charge in [-0.25, -0.2) is 0 Å². The van der Waals surface area contributed by atoms with Crippen molar-refractivity contribution in [3.8, 4) is 11.5 Å². The van der Waals surface area contributed by atoms with Crippen molar-refractivity contribution in [3.05, 3.63) is 47.3 Å². The molecule has 6 nitrogen and oxygen atoms in total. The van der Waals surface area contributed by atoms with Crippen molar-refractivity contribution in [2.45, 2.75) is 20.3 Å². The number of fused-ring (bicyclic) bond motifs is 1. The number of hydrogen-bond acceptors (Lipinski definition) is 6. The zero-order valence-electron chi connectivity index (χ0n) is 19.0. The van der Waals surface area contributed by atoms with Crippen LogP contribution in [0.5, 0.6) is 11.5 Å². The van der Waals surface area contributed by atoms with E-state index in [2.05, 4.69) is 44.8 Å². The third-order valence-electron chi connectivity index (χ3n) is 5.83. The normalized spacial score (nSPS) is 14.5. The summed E-state index contributed by atoms with van der Waals surface area (Å²) >= 11 is 1.81. The number of benzene rings is 2. The molecular weight excluding hydrogens is 422 g/mol. The Hall–Kier alpha value is -2.77. The van der Waals surface area contributed by atoms with Gasteiger partial charge in [0.2, 0.25) is 5.91 Å². The van der Waals surface area contributed by atoms with Gasteiger partial charge in [-0.3, -0.25) is 9.69 Å². The van der Waals surface area contributed by atoms with E-state index in [0.717, 1.165) is 56.1 Å². The minimum Gasteiger partial charge on any atom is -0.493 e. The van der Waals surface area contributed by atoms with Crippen LogP contribution in [-0.2, 0) is 4.79 Å². The third-order valence-corrected chi connectivity index (χ3v) is 6.71. The predicted octanol–water partition coefficient (Wildman–Crippen LogP) is 4.77. The van der Waals surface area contributed by atoms with Gasteiger partial charge in [0.1, 0.15) is 0 Å². The van der Waals surface area contributed by atoms with Crippen LogP contribution in [0.3, 0.4) is 0 Å². The highest BCUT2D eigenvalue weighted by molar-refractivity contribution is 7.17. The first-order valence-electron chi connectivity index (χ1n) is 11.1. The van der Waals surface area contributed by atoms with Crippen LogP contribution in [0.2, 0.25) is 0 Å². The molecule has 32 heavy (non-hydrogen) atoms. The number of thiophene rings is 1. The second kappa shape index (κ2) is 10.2. The molecule has 1 aliphatic rings. The molecule has 0 radical (unpaired) electrons. The molecule has 4 rings (SSSR count). The van der Waals surface area contributed by atoms with E-state index in [4.69, 9.17) is 9.47 Å². The zero-order chi connectivity index (χ0) is 22.5. The number of carbonyl (C=O) groups is 1. The van der Waals surface area contributed by atoms with Crippen LogP contribution in [0.25, 0.3) is 10.1 Å². The summed E-state index contributed by atoms with van der Waals surface area (Å²) in [7, 11) is 1.62. The van der Waals surface area contributed by atoms with E-state index < -0.39 is 0 Å². The van der Waals surface area contributed by atoms with Crippen molar-refractivity contribution in [2.75, 3.05) is 56.7 Å². The van der Waals surface area contributed by atoms with Crippen molar-refractivity contribution in [3.63, 3.8) is 0 Å². The van der Waals surface area contributed by atoms with Gasteiger partial charge in [0.05, 0.1) is 13.7 Å². The average molecular weight is 454 g/mol. The molecule has 7 heteroatoms. The molecule has 0 saturated carbocycles. The SMILES string of the molecule is COc1cc(NC(C)=O)cc(C)c1OCCCN1CCN(c2cccc3sccc23)CC1. The lowest BCUT2D eigenvalue weighted by molar-refractivity contribution is -0.114. The van der Waals surface area contributed by atoms with Crippen molar-refractivity contribution in [1.82, 2.24) is 4.90 Å². The van der Waals surface area contributed by atoms with Gasteiger partial charge >= 0.3 is 0 Å². The number of piperazine rings is 1. The van der Waals surface area contributed by atoms with E-state index in [1.165, 1.54) is 22.7 Å². The Labute approximate surface area is 193 Å². The molecule has 1 amide bonds. The maximum Gasteiger partial charge on any atom is 0.221 e. The van der Waals surface area contributed by atoms with Crippen molar-refractivity contribution in [1.29, 1.82) is 0 Å². The largest absolute Gasteiger partial charge is 0.493 e. The van der Waals surface area contributed by atoms with E-state index in [9.17, 15) is 4.79 Å². The number of nitrogens with zero attached hydrogens (tertiary/aromatic N) is 2. The summed E-state index contributed by atoms with van der Waals surface area (Å²) in [6, 6.07) is 12.5. The summed E-state index contributed by atoms with van der Waals surface area (Å²) in [5.74, 6) is 1.28. The molecule has 1 N–H and O–H groups in total. The summed E-state index contributed by atoms with van der Waals surface area (Å²) in [4.78, 5) is 16.3. The number of anilines is 2. The van der Waals surface area contributed by atoms with Crippen LogP contribution in [0, 0.1) is 6.92 Å². The lowest BCUT2D eigenvalue weighted by Crippen LogP contribution is -2.46. The lowest BCUT2D eigenvalue weighted by atomic mass is 10.1. The molecule has 3 aromatic rings. The third kappa shape index (κ3) is 5.16. The van der Waals surface area contributed by atoms with E-state index in [0.29, 0.717) is 12.4 Å². The fourth-order valence-electron chi connectivity index (χ4n) is 4.28. The average Bonchev–Trinajstić information content (AvgIpc) is 3.26. The van der Waals surface area contributed by atoms with Gasteiger partial charge in [-0.1, -0.05) is 6.07 Å². The zero-order valence-corrected chi connectivity index (χ0v) is 19.8. The van der Waals surface area contributed by atoms with Gasteiger partial charge in [0, 0.05) is 67.2 Å². The van der Waals surface area contributed by atoms with E-state index in [1.54, 1.807) is 24.5 Å². The molecule has 170 valence electrons. The minimum absolute atomic E-state index is 0.104. The first-order valence-corrected chi connectivity index (χ1v) is 12.0. The fourth-order valence-corrected chi connectivity index (χ4v) is 5.09. The number of ether oxygens (including phenoxy) is 2. The highest BCUT2D eigenvalue weighted by atomic mass is 32.1. The lowest BCUT2D eigenvalue weighted by Gasteiger charge is -2.36. The molecule has 0 spiro atoms. The molecule has 0 atom stereocenters. The Morgan fingerprint density at radius 3 is 2.72 bits per heavy atom. The number of hydrogen-bond donors (Lipinski definition) is 1. The molecule has 0 unspecified atom stereocenters. The summed E-state index contributed by atoms with van der Waals surface area (Å²) < 4.78 is 12.9. The van der Waals surface area contributed by atoms with Gasteiger partial charge in [0.25, 0.3) is 0 Å². The Balaban J connectivity index is 1.26. The standard InChI is InChI=1S/C25H31N3O3S/c1-18-16-20(26-19(2)29)17-23(30-3)25(18)31-14-5-9-27-10-12-28(13-11-27)22-6-4-7-24-21(22)8-15-32-24/h4,6-8,15-17H,5,9-14H2,1-3H3,(H,26,29). The van der Waals surface area contributed by atoms with Crippen LogP contribution >= 0.6 is 11.3 Å². The van der Waals surface area contributed by atoms with Crippen molar-refractivity contribution in [2.24, 2.45) is 0 Å². The van der Waals surface area contributed by atoms with Gasteiger partial charge in [-0.2, -0.15) is 0 Å². The molecule has 1 aliphatic heterocycles. The van der Waals surface area contributed by atoms with Gasteiger partial charge in [-0.05, 0) is 48.6 Å². The van der Waals surface area contributed by atoms with Gasteiger partial charge < -0.3 is 19.7 Å². The van der Waals surface area contributed by atoms with E-state index >= 15 is 0 Å². The summed E-state index contributed by atoms with van der Waals surface area (Å²) in [5.41, 5.74) is 3.02. The molecule has 2 aromatic carbocycles. The number of nitrogens with one attached hydrogen (secondary N) is 1. The Morgan fingerprint density at radius 2 is 1.97 bits per heavy atom. The van der Waals surface area contributed by atoms with Crippen molar-refractivity contribution >= 4 is 38.7 Å². The molecule has 0 aliphatic carbocycles. The second-order valence-corrected chi connectivity index (χ2v) is 9.09. The van der Waals surface area contributed by atoms with Crippen molar-refractivity contribution < 1.29 is 14.3 Å². The molecule has 1 aromatic heterocycles. The second-order valence-electron chi connectivity index (χ2n) is 8.15. The van der Waals surface area contributed by atoms with E-state index in [1.807, 2.05) is 13.0 Å². The van der Waals surface area contributed by atoms with Crippen LogP contribution in [0.1, 0.15) is 18.9 Å². The fraction of sp³-hybridized carbons (Fsp3) is 0.400. The number of amides is 1. The maximum atomic E-state index is 11.3. The predicted molar refractivity (Wildman–Crippen MR) is 133 cm³/mol. The number of methoxy groups -OCH3 is 1. The van der Waals surface area contributed by atoms with Gasteiger partial charge in [0.15, 0.2) is 11.5 Å². The molecular formula is C25H31N3O3S. The van der Waals surface area contributed by atoms with Gasteiger partial charge in [-0.15, -0.1) is 11.3 Å².